The Labute approximate surface area is 189 Å². The van der Waals surface area contributed by atoms with Crippen molar-refractivity contribution < 1.29 is 19.7 Å². The fourth-order valence-corrected chi connectivity index (χ4v) is 6.69. The molecule has 1 aliphatic heterocycles. The summed E-state index contributed by atoms with van der Waals surface area (Å²) in [6.45, 7) is 2.27. The van der Waals surface area contributed by atoms with Gasteiger partial charge in [-0.15, -0.1) is 0 Å². The molecule has 0 radical (unpaired) electrons. The highest BCUT2D eigenvalue weighted by molar-refractivity contribution is 5.83. The van der Waals surface area contributed by atoms with E-state index in [0.717, 1.165) is 35.7 Å². The van der Waals surface area contributed by atoms with Crippen molar-refractivity contribution in [2.75, 3.05) is 13.1 Å². The van der Waals surface area contributed by atoms with Crippen molar-refractivity contribution in [2.24, 2.45) is 5.92 Å². The summed E-state index contributed by atoms with van der Waals surface area (Å²) in [6, 6.07) is 13.8. The number of piperidine rings is 1. The minimum Gasteiger partial charge on any atom is -0.504 e. The van der Waals surface area contributed by atoms with E-state index in [2.05, 4.69) is 4.90 Å². The van der Waals surface area contributed by atoms with Crippen LogP contribution in [0.1, 0.15) is 55.2 Å². The Morgan fingerprint density at radius 3 is 2.69 bits per heavy atom. The van der Waals surface area contributed by atoms with Crippen molar-refractivity contribution in [2.45, 2.75) is 68.6 Å². The first-order chi connectivity index (χ1) is 15.5. The van der Waals surface area contributed by atoms with E-state index in [-0.39, 0.29) is 17.6 Å². The van der Waals surface area contributed by atoms with Crippen molar-refractivity contribution in [3.8, 4) is 11.5 Å². The zero-order chi connectivity index (χ0) is 21.9. The topological polar surface area (TPSA) is 70.0 Å². The molecule has 2 saturated carbocycles. The van der Waals surface area contributed by atoms with Crippen LogP contribution in [0.2, 0.25) is 0 Å². The smallest absolute Gasteiger partial charge is 0.161 e. The van der Waals surface area contributed by atoms with E-state index in [1.807, 2.05) is 42.5 Å². The largest absolute Gasteiger partial charge is 0.504 e. The molecule has 1 saturated heterocycles. The molecular weight excluding hydrogens is 402 g/mol. The summed E-state index contributed by atoms with van der Waals surface area (Å²) < 4.78 is 6.02. The average Bonchev–Trinajstić information content (AvgIpc) is 3.60. The zero-order valence-electron chi connectivity index (χ0n) is 18.4. The number of nitrogens with zero attached hydrogens (tertiary/aromatic N) is 1. The SMILES string of the molecule is O=C1CCC2(O)C3Cc4ccc(OCc5ccccc5)c(O)c4C2(CCN3CC2CC2)C1. The van der Waals surface area contributed by atoms with E-state index in [0.29, 0.717) is 44.5 Å². The Bertz CT molecular complexity index is 1050. The number of benzene rings is 2. The lowest BCUT2D eigenvalue weighted by molar-refractivity contribution is -0.173. The number of aromatic hydroxyl groups is 1. The molecule has 3 fully saturated rings. The van der Waals surface area contributed by atoms with E-state index in [9.17, 15) is 15.0 Å². The predicted octanol–water partition coefficient (Wildman–Crippen LogP) is 3.73. The Morgan fingerprint density at radius 1 is 1.09 bits per heavy atom. The summed E-state index contributed by atoms with van der Waals surface area (Å²) in [5, 5.41) is 23.6. The van der Waals surface area contributed by atoms with Crippen LogP contribution in [0.4, 0.5) is 0 Å². The molecule has 168 valence electrons. The van der Waals surface area contributed by atoms with Gasteiger partial charge in [-0.2, -0.15) is 0 Å². The summed E-state index contributed by atoms with van der Waals surface area (Å²) in [6.07, 6.45) is 5.18. The summed E-state index contributed by atoms with van der Waals surface area (Å²) >= 11 is 0. The van der Waals surface area contributed by atoms with Gasteiger partial charge in [0.25, 0.3) is 0 Å². The third-order valence-electron chi connectivity index (χ3n) is 8.48. The van der Waals surface area contributed by atoms with Gasteiger partial charge in [-0.05, 0) is 61.8 Å². The van der Waals surface area contributed by atoms with E-state index >= 15 is 0 Å². The van der Waals surface area contributed by atoms with Crippen molar-refractivity contribution in [1.82, 2.24) is 4.90 Å². The molecule has 6 rings (SSSR count). The summed E-state index contributed by atoms with van der Waals surface area (Å²) in [4.78, 5) is 15.2. The summed E-state index contributed by atoms with van der Waals surface area (Å²) in [5.74, 6) is 1.48. The minimum absolute atomic E-state index is 0.00735. The fourth-order valence-electron chi connectivity index (χ4n) is 6.69. The molecule has 1 heterocycles. The van der Waals surface area contributed by atoms with Gasteiger partial charge in [0.15, 0.2) is 11.5 Å². The maximum absolute atomic E-state index is 12.7. The molecule has 5 nitrogen and oxygen atoms in total. The third-order valence-corrected chi connectivity index (χ3v) is 8.48. The van der Waals surface area contributed by atoms with Gasteiger partial charge < -0.3 is 14.9 Å². The Kier molecular flexibility index (Phi) is 4.63. The summed E-state index contributed by atoms with van der Waals surface area (Å²) in [7, 11) is 0. The Morgan fingerprint density at radius 2 is 1.91 bits per heavy atom. The molecule has 3 aliphatic carbocycles. The second-order valence-corrected chi connectivity index (χ2v) is 10.4. The molecule has 2 bridgehead atoms. The fraction of sp³-hybridized carbons (Fsp3) is 0.519. The van der Waals surface area contributed by atoms with Gasteiger partial charge in [-0.25, -0.2) is 0 Å². The molecule has 0 aromatic heterocycles. The van der Waals surface area contributed by atoms with Gasteiger partial charge in [0.2, 0.25) is 0 Å². The highest BCUT2D eigenvalue weighted by atomic mass is 16.5. The van der Waals surface area contributed by atoms with Gasteiger partial charge in [0.1, 0.15) is 12.4 Å². The van der Waals surface area contributed by atoms with Crippen molar-refractivity contribution in [3.63, 3.8) is 0 Å². The lowest BCUT2D eigenvalue weighted by Gasteiger charge is -2.63. The molecule has 3 atom stereocenters. The first-order valence-electron chi connectivity index (χ1n) is 12.0. The lowest BCUT2D eigenvalue weighted by Crippen LogP contribution is -2.73. The molecule has 2 aromatic rings. The van der Waals surface area contributed by atoms with Crippen molar-refractivity contribution >= 4 is 5.78 Å². The normalized spacial score (nSPS) is 31.7. The first-order valence-corrected chi connectivity index (χ1v) is 12.0. The lowest BCUT2D eigenvalue weighted by atomic mass is 9.49. The van der Waals surface area contributed by atoms with Crippen LogP contribution in [0.25, 0.3) is 0 Å². The molecule has 2 N–H and O–H groups in total. The van der Waals surface area contributed by atoms with Crippen molar-refractivity contribution in [3.05, 3.63) is 59.2 Å². The molecule has 0 spiro atoms. The van der Waals surface area contributed by atoms with Crippen LogP contribution >= 0.6 is 0 Å². The molecule has 32 heavy (non-hydrogen) atoms. The van der Waals surface area contributed by atoms with Gasteiger partial charge in [-0.1, -0.05) is 36.4 Å². The predicted molar refractivity (Wildman–Crippen MR) is 121 cm³/mol. The highest BCUT2D eigenvalue weighted by Crippen LogP contribution is 2.60. The van der Waals surface area contributed by atoms with Gasteiger partial charge in [0.05, 0.1) is 5.60 Å². The number of Topliss-reactive ketones (excluding diaryl/α,β-unsaturated/α-hetero) is 1. The number of phenols is 1. The number of carbonyl (C=O) groups is 1. The number of hydrogen-bond donors (Lipinski definition) is 2. The molecular formula is C27H31NO4. The number of rotatable bonds is 5. The van der Waals surface area contributed by atoms with Crippen LogP contribution < -0.4 is 4.74 Å². The number of likely N-dealkylation sites (tertiary alicyclic amines) is 1. The number of aliphatic hydroxyl groups is 1. The second kappa shape index (κ2) is 7.32. The van der Waals surface area contributed by atoms with Gasteiger partial charge in [0, 0.05) is 36.4 Å². The standard InChI is InChI=1S/C27H31NO4/c29-21-10-11-27(31)23-14-20-8-9-22(32-17-19-4-2-1-3-5-19)25(30)24(20)26(27,15-21)12-13-28(23)16-18-6-7-18/h1-5,8-9,18,23,30-31H,6-7,10-17H2. The van der Waals surface area contributed by atoms with Gasteiger partial charge >= 0.3 is 0 Å². The van der Waals surface area contributed by atoms with E-state index in [4.69, 9.17) is 4.74 Å². The number of carbonyl (C=O) groups excluding carboxylic acids is 1. The maximum Gasteiger partial charge on any atom is 0.161 e. The number of ketones is 1. The molecule has 2 aromatic carbocycles. The monoisotopic (exact) mass is 433 g/mol. The number of ether oxygens (including phenoxy) is 1. The van der Waals surface area contributed by atoms with Gasteiger partial charge in [-0.3, -0.25) is 9.69 Å². The van der Waals surface area contributed by atoms with Crippen LogP contribution in [0.15, 0.2) is 42.5 Å². The third kappa shape index (κ3) is 3.01. The molecule has 3 unspecified atom stereocenters. The first kappa shape index (κ1) is 20.3. The summed E-state index contributed by atoms with van der Waals surface area (Å²) in [5.41, 5.74) is 1.13. The Balaban J connectivity index is 1.40. The highest BCUT2D eigenvalue weighted by Gasteiger charge is 2.65. The van der Waals surface area contributed by atoms with E-state index < -0.39 is 11.0 Å². The number of fused-ring (bicyclic) bond motifs is 1. The second-order valence-electron chi connectivity index (χ2n) is 10.4. The maximum atomic E-state index is 12.7. The number of hydrogen-bond acceptors (Lipinski definition) is 5. The minimum atomic E-state index is -0.990. The van der Waals surface area contributed by atoms with E-state index in [1.165, 1.54) is 12.8 Å². The zero-order valence-corrected chi connectivity index (χ0v) is 18.4. The average molecular weight is 434 g/mol. The van der Waals surface area contributed by atoms with E-state index in [1.54, 1.807) is 0 Å². The Hall–Kier alpha value is -2.37. The van der Waals surface area contributed by atoms with Crippen LogP contribution in [0.5, 0.6) is 11.5 Å². The number of phenolic OH excluding ortho intramolecular Hbond substituents is 1. The van der Waals surface area contributed by atoms with Crippen LogP contribution in [0, 0.1) is 5.92 Å². The molecule has 0 amide bonds. The van der Waals surface area contributed by atoms with Crippen LogP contribution in [0.3, 0.4) is 0 Å². The quantitative estimate of drug-likeness (QED) is 0.752. The molecule has 5 heteroatoms. The van der Waals surface area contributed by atoms with Crippen molar-refractivity contribution in [1.29, 1.82) is 0 Å². The van der Waals surface area contributed by atoms with Crippen LogP contribution in [-0.4, -0.2) is 45.6 Å². The molecule has 4 aliphatic rings. The van der Waals surface area contributed by atoms with Crippen LogP contribution in [-0.2, 0) is 23.2 Å².